The topological polar surface area (TPSA) is 112 Å². The van der Waals surface area contributed by atoms with Crippen LogP contribution in [0.5, 0.6) is 5.88 Å². The number of aromatic hydroxyl groups is 1. The molecule has 0 aromatic carbocycles. The molecule has 1 fully saturated rings. The van der Waals surface area contributed by atoms with Gasteiger partial charge in [-0.05, 0) is 80.6 Å². The molecule has 9 heteroatoms. The van der Waals surface area contributed by atoms with Crippen LogP contribution < -0.4 is 0 Å². The van der Waals surface area contributed by atoms with E-state index in [1.807, 2.05) is 24.8 Å². The first-order valence-corrected chi connectivity index (χ1v) is 15.5. The van der Waals surface area contributed by atoms with Gasteiger partial charge in [-0.15, -0.1) is 0 Å². The maximum Gasteiger partial charge on any atom is 0.256 e. The molecule has 4 N–H and O–H groups in total. The summed E-state index contributed by atoms with van der Waals surface area (Å²) in [6.45, 7) is 11.1. The van der Waals surface area contributed by atoms with Crippen molar-refractivity contribution in [3.8, 4) is 5.88 Å². The first-order chi connectivity index (χ1) is 19.0. The molecule has 2 aliphatic heterocycles. The van der Waals surface area contributed by atoms with Crippen molar-refractivity contribution < 1.29 is 19.0 Å². The highest BCUT2D eigenvalue weighted by Gasteiger charge is 2.29. The fourth-order valence-corrected chi connectivity index (χ4v) is 6.51. The molecule has 1 aromatic rings. The van der Waals surface area contributed by atoms with E-state index in [-0.39, 0.29) is 17.5 Å². The van der Waals surface area contributed by atoms with E-state index in [4.69, 9.17) is 0 Å². The zero-order valence-corrected chi connectivity index (χ0v) is 24.9. The Labute approximate surface area is 239 Å². The monoisotopic (exact) mass is 566 g/mol. The summed E-state index contributed by atoms with van der Waals surface area (Å²) in [5.41, 5.74) is 3.89. The molecule has 8 nitrogen and oxygen atoms in total. The number of amides is 1. The standard InChI is InChI=1S/C31H42N4O4S/c1-21(2)25-10-8-24(9-11-25)20-40(38,39)27-7-6-14-32-30(36)26(12-13-27)19-28-22(3)29(23(4)33-28)31(37)35-17-15-34(5)16-18-35/h6-10,12-14,19,21,25,32,36,38-39H,11,15-18,20H2,1-5H3/b13-12?,14-6?,27-7?,28-19-,30-26?. The number of H-pyrrole nitrogens is 1. The van der Waals surface area contributed by atoms with Crippen LogP contribution in [-0.2, 0) is 4.79 Å². The van der Waals surface area contributed by atoms with Crippen LogP contribution in [0.1, 0.15) is 39.7 Å². The maximum absolute atomic E-state index is 13.3. The normalized spacial score (nSPS) is 21.6. The molecule has 3 heterocycles. The largest absolute Gasteiger partial charge is 0.494 e. The molecule has 1 atom stereocenters. The van der Waals surface area contributed by atoms with Crippen LogP contribution in [0.3, 0.4) is 0 Å². The fraction of sp³-hybridized carbons (Fsp3) is 0.419. The van der Waals surface area contributed by atoms with Crippen LogP contribution in [-0.4, -0.2) is 79.6 Å². The van der Waals surface area contributed by atoms with Crippen molar-refractivity contribution in [2.75, 3.05) is 39.0 Å². The number of aromatic nitrogens is 1. The van der Waals surface area contributed by atoms with Crippen molar-refractivity contribution in [1.29, 1.82) is 0 Å². The van der Waals surface area contributed by atoms with Crippen LogP contribution in [0.15, 0.2) is 81.0 Å². The Bertz CT molecular complexity index is 1340. The fourth-order valence-electron chi connectivity index (χ4n) is 5.08. The first kappa shape index (κ1) is 29.9. The zero-order chi connectivity index (χ0) is 29.0. The third kappa shape index (κ3) is 6.96. The lowest BCUT2D eigenvalue weighted by Gasteiger charge is -2.33. The number of piperazine rings is 1. The lowest BCUT2D eigenvalue weighted by Crippen LogP contribution is -2.48. The van der Waals surface area contributed by atoms with Crippen molar-refractivity contribution in [2.24, 2.45) is 16.8 Å². The van der Waals surface area contributed by atoms with E-state index in [2.05, 4.69) is 47.9 Å². The van der Waals surface area contributed by atoms with Crippen molar-refractivity contribution in [3.63, 3.8) is 0 Å². The second-order valence-electron chi connectivity index (χ2n) is 11.1. The Morgan fingerprint density at radius 2 is 1.90 bits per heavy atom. The number of aromatic amines is 1. The molecule has 216 valence electrons. The van der Waals surface area contributed by atoms with E-state index in [1.165, 1.54) is 6.20 Å². The minimum atomic E-state index is -3.14. The van der Waals surface area contributed by atoms with Gasteiger partial charge in [0.1, 0.15) is 0 Å². The molecule has 1 unspecified atom stereocenters. The average molecular weight is 567 g/mol. The van der Waals surface area contributed by atoms with Crippen LogP contribution in [0.2, 0.25) is 0 Å². The van der Waals surface area contributed by atoms with Gasteiger partial charge in [-0.2, -0.15) is 10.6 Å². The highest BCUT2D eigenvalue weighted by atomic mass is 32.3. The summed E-state index contributed by atoms with van der Waals surface area (Å²) < 4.78 is 22.3. The van der Waals surface area contributed by atoms with Crippen LogP contribution in [0, 0.1) is 11.8 Å². The van der Waals surface area contributed by atoms with E-state index in [1.54, 1.807) is 30.3 Å². The Morgan fingerprint density at radius 3 is 2.55 bits per heavy atom. The van der Waals surface area contributed by atoms with Gasteiger partial charge in [0.25, 0.3) is 5.91 Å². The lowest BCUT2D eigenvalue weighted by molar-refractivity contribution is -0.128. The molecule has 0 radical (unpaired) electrons. The lowest BCUT2D eigenvalue weighted by atomic mass is 9.88. The summed E-state index contributed by atoms with van der Waals surface area (Å²) in [5.74, 6) is 0.990. The van der Waals surface area contributed by atoms with E-state index >= 15 is 0 Å². The summed E-state index contributed by atoms with van der Waals surface area (Å²) in [5, 5.41) is 10.8. The van der Waals surface area contributed by atoms with Crippen LogP contribution in [0.25, 0.3) is 6.08 Å². The Kier molecular flexibility index (Phi) is 9.41. The molecule has 3 aliphatic rings. The van der Waals surface area contributed by atoms with Crippen LogP contribution in [0.4, 0.5) is 0 Å². The van der Waals surface area contributed by atoms with Gasteiger partial charge in [-0.1, -0.05) is 32.1 Å². The van der Waals surface area contributed by atoms with Crippen LogP contribution >= 0.6 is 10.6 Å². The minimum Gasteiger partial charge on any atom is -0.494 e. The van der Waals surface area contributed by atoms with Crippen molar-refractivity contribution >= 4 is 28.3 Å². The smallest absolute Gasteiger partial charge is 0.256 e. The number of hydrogen-bond acceptors (Lipinski definition) is 6. The molecule has 1 saturated heterocycles. The van der Waals surface area contributed by atoms with Gasteiger partial charge in [0.15, 0.2) is 5.88 Å². The summed E-state index contributed by atoms with van der Waals surface area (Å²) in [4.78, 5) is 25.2. The molecule has 1 aliphatic carbocycles. The maximum atomic E-state index is 13.3. The second kappa shape index (κ2) is 12.6. The van der Waals surface area contributed by atoms with Gasteiger partial charge in [0.05, 0.1) is 27.6 Å². The Balaban J connectivity index is 1.62. The summed E-state index contributed by atoms with van der Waals surface area (Å²) >= 11 is 0. The molecular weight excluding hydrogens is 524 g/mol. The molecular formula is C31H42N4O4S. The molecule has 1 amide bonds. The van der Waals surface area contributed by atoms with Gasteiger partial charge >= 0.3 is 0 Å². The Hall–Kier alpha value is -3.11. The van der Waals surface area contributed by atoms with Crippen molar-refractivity contribution in [2.45, 2.75) is 39.0 Å². The van der Waals surface area contributed by atoms with Gasteiger partial charge in [0, 0.05) is 37.9 Å². The summed E-state index contributed by atoms with van der Waals surface area (Å²) in [6.07, 6.45) is 10.4. The summed E-state index contributed by atoms with van der Waals surface area (Å²) in [7, 11) is -1.09. The molecule has 0 saturated carbocycles. The predicted molar refractivity (Wildman–Crippen MR) is 164 cm³/mol. The number of likely N-dealkylation sites (N-methyl/N-ethyl adjacent to an activating group) is 1. The zero-order valence-electron chi connectivity index (χ0n) is 24.1. The minimum absolute atomic E-state index is 0.0236. The number of hydrogen-bond donors (Lipinski definition) is 4. The number of carbonyl (C=O) groups excluding carboxylic acids is 1. The first-order valence-electron chi connectivity index (χ1n) is 13.8. The molecule has 0 spiro atoms. The third-order valence-electron chi connectivity index (χ3n) is 7.79. The number of rotatable bonds is 6. The molecule has 0 bridgehead atoms. The van der Waals surface area contributed by atoms with Gasteiger partial charge in [-0.3, -0.25) is 18.9 Å². The number of allylic oxidation sites excluding steroid dienone is 4. The van der Waals surface area contributed by atoms with Gasteiger partial charge in [0.2, 0.25) is 0 Å². The molecule has 4 rings (SSSR count). The Morgan fingerprint density at radius 1 is 1.18 bits per heavy atom. The van der Waals surface area contributed by atoms with E-state index in [0.717, 1.165) is 30.7 Å². The third-order valence-corrected chi connectivity index (χ3v) is 9.56. The SMILES string of the molecule is CC1=N/C(=C\c2ccc(S(O)(O)CC3=CCC(C(C)C)C=C3)ccc[nH]c2O)C(C)=C1C(=O)N1CCN(C)CC1. The number of carbonyl (C=O) groups is 1. The van der Waals surface area contributed by atoms with Crippen molar-refractivity contribution in [1.82, 2.24) is 14.8 Å². The molecule has 40 heavy (non-hydrogen) atoms. The highest BCUT2D eigenvalue weighted by molar-refractivity contribution is 8.24. The molecule has 1 aromatic heterocycles. The number of aliphatic imine (C=N–C) groups is 1. The highest BCUT2D eigenvalue weighted by Crippen LogP contribution is 2.49. The summed E-state index contributed by atoms with van der Waals surface area (Å²) in [6, 6.07) is 6.54. The second-order valence-corrected chi connectivity index (χ2v) is 13.2. The predicted octanol–water partition coefficient (Wildman–Crippen LogP) is 6.02. The number of nitrogens with zero attached hydrogens (tertiary/aromatic N) is 3. The van der Waals surface area contributed by atoms with Gasteiger partial charge < -0.3 is 19.9 Å². The van der Waals surface area contributed by atoms with Crippen molar-refractivity contribution in [3.05, 3.63) is 76.7 Å². The van der Waals surface area contributed by atoms with E-state index < -0.39 is 10.6 Å². The van der Waals surface area contributed by atoms with E-state index in [0.29, 0.717) is 52.4 Å². The number of nitrogens with one attached hydrogen (secondary N) is 1. The van der Waals surface area contributed by atoms with Gasteiger partial charge in [-0.25, -0.2) is 0 Å². The quantitative estimate of drug-likeness (QED) is 0.337. The van der Waals surface area contributed by atoms with E-state index in [9.17, 15) is 19.0 Å². The average Bonchev–Trinajstić information content (AvgIpc) is 3.23.